The van der Waals surface area contributed by atoms with Gasteiger partial charge in [-0.3, -0.25) is 4.79 Å². The van der Waals surface area contributed by atoms with Crippen LogP contribution in [0.3, 0.4) is 0 Å². The molecule has 1 saturated carbocycles. The predicted octanol–water partition coefficient (Wildman–Crippen LogP) is 3.72. The summed E-state index contributed by atoms with van der Waals surface area (Å²) in [6.45, 7) is 1.82. The molecule has 2 fully saturated rings. The Morgan fingerprint density at radius 2 is 1.83 bits per heavy atom. The second kappa shape index (κ2) is 8.70. The number of likely N-dealkylation sites (tertiary alicyclic amines) is 1. The molecule has 1 heterocycles. The summed E-state index contributed by atoms with van der Waals surface area (Å²) < 4.78 is 0. The number of carbonyl (C=O) groups is 1. The smallest absolute Gasteiger partial charge is 0.222 e. The summed E-state index contributed by atoms with van der Waals surface area (Å²) in [6.07, 6.45) is 7.47. The lowest BCUT2D eigenvalue weighted by molar-refractivity contribution is -0.132. The summed E-state index contributed by atoms with van der Waals surface area (Å²) in [5.74, 6) is 1.35. The number of halogens is 1. The summed E-state index contributed by atoms with van der Waals surface area (Å²) in [6, 6.07) is 11.0. The normalized spacial score (nSPS) is 28.0. The van der Waals surface area contributed by atoms with Crippen LogP contribution < -0.4 is 5.73 Å². The van der Waals surface area contributed by atoms with Gasteiger partial charge in [0, 0.05) is 25.6 Å². The number of amides is 1. The molecule has 1 saturated heterocycles. The van der Waals surface area contributed by atoms with Gasteiger partial charge in [0.15, 0.2) is 0 Å². The average Bonchev–Trinajstić information content (AvgIpc) is 2.80. The van der Waals surface area contributed by atoms with E-state index in [0.29, 0.717) is 24.2 Å². The predicted molar refractivity (Wildman–Crippen MR) is 96.8 cm³/mol. The number of nitrogens with zero attached hydrogens (tertiary/aromatic N) is 1. The summed E-state index contributed by atoms with van der Waals surface area (Å²) in [4.78, 5) is 14.7. The minimum Gasteiger partial charge on any atom is -0.343 e. The highest BCUT2D eigenvalue weighted by molar-refractivity contribution is 5.85. The first kappa shape index (κ1) is 18.3. The van der Waals surface area contributed by atoms with E-state index < -0.39 is 0 Å². The van der Waals surface area contributed by atoms with E-state index in [1.54, 1.807) is 0 Å². The maximum absolute atomic E-state index is 12.6. The van der Waals surface area contributed by atoms with Gasteiger partial charge in [0.2, 0.25) is 5.91 Å². The molecule has 1 aromatic carbocycles. The maximum atomic E-state index is 12.6. The van der Waals surface area contributed by atoms with Crippen molar-refractivity contribution in [2.45, 2.75) is 56.9 Å². The van der Waals surface area contributed by atoms with Gasteiger partial charge in [0.05, 0.1) is 0 Å². The molecular formula is C19H29ClN2O. The molecule has 3 nitrogen and oxygen atoms in total. The minimum absolute atomic E-state index is 0. The van der Waals surface area contributed by atoms with Crippen LogP contribution in [0.15, 0.2) is 30.3 Å². The largest absolute Gasteiger partial charge is 0.343 e. The maximum Gasteiger partial charge on any atom is 0.222 e. The Labute approximate surface area is 146 Å². The van der Waals surface area contributed by atoms with Crippen LogP contribution >= 0.6 is 12.4 Å². The average molecular weight is 337 g/mol. The van der Waals surface area contributed by atoms with Crippen LogP contribution in [-0.4, -0.2) is 29.9 Å². The zero-order valence-corrected chi connectivity index (χ0v) is 14.6. The van der Waals surface area contributed by atoms with Crippen LogP contribution in [-0.2, 0) is 4.79 Å². The van der Waals surface area contributed by atoms with E-state index in [-0.39, 0.29) is 18.4 Å². The zero-order valence-electron chi connectivity index (χ0n) is 13.8. The molecule has 0 aromatic heterocycles. The molecule has 2 aliphatic rings. The van der Waals surface area contributed by atoms with Crippen LogP contribution in [0.25, 0.3) is 0 Å². The van der Waals surface area contributed by atoms with Crippen LogP contribution in [0.4, 0.5) is 0 Å². The number of rotatable bonds is 3. The van der Waals surface area contributed by atoms with E-state index in [4.69, 9.17) is 5.73 Å². The zero-order chi connectivity index (χ0) is 15.4. The Morgan fingerprint density at radius 3 is 2.52 bits per heavy atom. The van der Waals surface area contributed by atoms with Gasteiger partial charge in [-0.25, -0.2) is 0 Å². The Morgan fingerprint density at radius 1 is 1.04 bits per heavy atom. The molecule has 0 bridgehead atoms. The van der Waals surface area contributed by atoms with E-state index in [1.807, 2.05) is 0 Å². The van der Waals surface area contributed by atoms with Gasteiger partial charge in [-0.1, -0.05) is 36.8 Å². The van der Waals surface area contributed by atoms with Gasteiger partial charge < -0.3 is 10.6 Å². The molecule has 1 aromatic rings. The third-order valence-electron chi connectivity index (χ3n) is 5.51. The van der Waals surface area contributed by atoms with Crippen LogP contribution in [0.2, 0.25) is 0 Å². The van der Waals surface area contributed by atoms with E-state index in [1.165, 1.54) is 18.4 Å². The van der Waals surface area contributed by atoms with Crippen molar-refractivity contribution in [3.05, 3.63) is 35.9 Å². The van der Waals surface area contributed by atoms with Crippen molar-refractivity contribution in [1.29, 1.82) is 0 Å². The highest BCUT2D eigenvalue weighted by atomic mass is 35.5. The lowest BCUT2D eigenvalue weighted by atomic mass is 9.92. The molecule has 1 aliphatic heterocycles. The molecule has 0 radical (unpaired) electrons. The van der Waals surface area contributed by atoms with Crippen molar-refractivity contribution < 1.29 is 4.79 Å². The molecule has 1 aliphatic carbocycles. The quantitative estimate of drug-likeness (QED) is 0.914. The SMILES string of the molecule is Cl.N[C@@H]1CCC[C@H]1CC(=O)N1CCCC(c2ccccc2)CC1. The van der Waals surface area contributed by atoms with Gasteiger partial charge in [-0.2, -0.15) is 0 Å². The number of hydrogen-bond acceptors (Lipinski definition) is 2. The van der Waals surface area contributed by atoms with E-state index in [0.717, 1.165) is 38.8 Å². The monoisotopic (exact) mass is 336 g/mol. The van der Waals surface area contributed by atoms with Crippen LogP contribution in [0, 0.1) is 5.92 Å². The van der Waals surface area contributed by atoms with Gasteiger partial charge in [0.25, 0.3) is 0 Å². The first-order valence-electron chi connectivity index (χ1n) is 8.82. The highest BCUT2D eigenvalue weighted by Crippen LogP contribution is 2.30. The lowest BCUT2D eigenvalue weighted by Gasteiger charge is -2.24. The topological polar surface area (TPSA) is 46.3 Å². The third-order valence-corrected chi connectivity index (χ3v) is 5.51. The van der Waals surface area contributed by atoms with Crippen molar-refractivity contribution in [3.63, 3.8) is 0 Å². The fourth-order valence-corrected chi connectivity index (χ4v) is 4.08. The second-order valence-electron chi connectivity index (χ2n) is 6.98. The van der Waals surface area contributed by atoms with Crippen molar-refractivity contribution in [1.82, 2.24) is 4.90 Å². The summed E-state index contributed by atoms with van der Waals surface area (Å²) in [5.41, 5.74) is 7.54. The summed E-state index contributed by atoms with van der Waals surface area (Å²) in [5, 5.41) is 0. The molecule has 3 rings (SSSR count). The van der Waals surface area contributed by atoms with E-state index >= 15 is 0 Å². The highest BCUT2D eigenvalue weighted by Gasteiger charge is 2.29. The first-order chi connectivity index (χ1) is 10.7. The second-order valence-corrected chi connectivity index (χ2v) is 6.98. The number of hydrogen-bond donors (Lipinski definition) is 1. The number of benzene rings is 1. The van der Waals surface area contributed by atoms with Crippen molar-refractivity contribution >= 4 is 18.3 Å². The minimum atomic E-state index is 0. The number of nitrogens with two attached hydrogens (primary N) is 1. The van der Waals surface area contributed by atoms with E-state index in [2.05, 4.69) is 35.2 Å². The Hall–Kier alpha value is -1.06. The molecular weight excluding hydrogens is 308 g/mol. The van der Waals surface area contributed by atoms with E-state index in [9.17, 15) is 4.79 Å². The third kappa shape index (κ3) is 4.71. The van der Waals surface area contributed by atoms with Crippen molar-refractivity contribution in [2.75, 3.05) is 13.1 Å². The molecule has 1 unspecified atom stereocenters. The van der Waals surface area contributed by atoms with Crippen LogP contribution in [0.1, 0.15) is 56.4 Å². The first-order valence-corrected chi connectivity index (χ1v) is 8.82. The van der Waals surface area contributed by atoms with Gasteiger partial charge in [-0.15, -0.1) is 12.4 Å². The van der Waals surface area contributed by atoms with Gasteiger partial charge in [0.1, 0.15) is 0 Å². The molecule has 3 atom stereocenters. The summed E-state index contributed by atoms with van der Waals surface area (Å²) >= 11 is 0. The molecule has 1 amide bonds. The molecule has 2 N–H and O–H groups in total. The fourth-order valence-electron chi connectivity index (χ4n) is 4.08. The standard InChI is InChI=1S/C19H28N2O.ClH/c20-18-10-4-8-17(18)14-19(22)21-12-5-9-16(11-13-21)15-6-2-1-3-7-15;/h1-3,6-7,16-18H,4-5,8-14,20H2;1H/t16?,17-,18+;/m0./s1. The fraction of sp³-hybridized carbons (Fsp3) is 0.632. The molecule has 23 heavy (non-hydrogen) atoms. The van der Waals surface area contributed by atoms with Crippen LogP contribution in [0.5, 0.6) is 0 Å². The Kier molecular flexibility index (Phi) is 6.91. The molecule has 4 heteroatoms. The Balaban J connectivity index is 0.00000192. The van der Waals surface area contributed by atoms with Crippen molar-refractivity contribution in [2.24, 2.45) is 11.7 Å². The molecule has 0 spiro atoms. The van der Waals surface area contributed by atoms with Gasteiger partial charge in [-0.05, 0) is 49.5 Å². The number of carbonyl (C=O) groups excluding carboxylic acids is 1. The van der Waals surface area contributed by atoms with Crippen molar-refractivity contribution in [3.8, 4) is 0 Å². The summed E-state index contributed by atoms with van der Waals surface area (Å²) in [7, 11) is 0. The van der Waals surface area contributed by atoms with Gasteiger partial charge >= 0.3 is 0 Å². The molecule has 128 valence electrons. The Bertz CT molecular complexity index is 493. The lowest BCUT2D eigenvalue weighted by Crippen LogP contribution is -2.36.